The van der Waals surface area contributed by atoms with E-state index in [4.69, 9.17) is 15.3 Å². The molecule has 0 saturated carbocycles. The topological polar surface area (TPSA) is 106 Å². The Hall–Kier alpha value is -2.02. The van der Waals surface area contributed by atoms with Gasteiger partial charge in [-0.05, 0) is 25.0 Å². The summed E-state index contributed by atoms with van der Waals surface area (Å²) in [5.41, 5.74) is 2.28. The lowest BCUT2D eigenvalue weighted by Crippen LogP contribution is -2.09. The lowest BCUT2D eigenvalue weighted by Gasteiger charge is -1.98. The number of aryl methyl sites for hydroxylation is 2. The van der Waals surface area contributed by atoms with Crippen molar-refractivity contribution < 1.29 is 15.3 Å². The summed E-state index contributed by atoms with van der Waals surface area (Å²) in [5.74, 6) is 0. The first-order valence-corrected chi connectivity index (χ1v) is 6.88. The van der Waals surface area contributed by atoms with Gasteiger partial charge in [-0.1, -0.05) is 38.1 Å². The number of aliphatic hydroxyl groups is 3. The van der Waals surface area contributed by atoms with E-state index < -0.39 is 11.8 Å². The third-order valence-electron chi connectivity index (χ3n) is 2.39. The Morgan fingerprint density at radius 2 is 1.50 bits per heavy atom. The maximum atomic E-state index is 10.5. The predicted octanol–water partition coefficient (Wildman–Crippen LogP) is 1.69. The van der Waals surface area contributed by atoms with E-state index in [0.29, 0.717) is 0 Å². The molecule has 1 aromatic carbocycles. The number of rotatable bonds is 1. The van der Waals surface area contributed by atoms with Crippen molar-refractivity contribution in [2.24, 2.45) is 0 Å². The van der Waals surface area contributed by atoms with E-state index >= 15 is 0 Å². The predicted molar refractivity (Wildman–Crippen MR) is 87.4 cm³/mol. The molecule has 22 heavy (non-hydrogen) atoms. The highest BCUT2D eigenvalue weighted by Gasteiger charge is 2.02. The van der Waals surface area contributed by atoms with Gasteiger partial charge in [-0.25, -0.2) is 4.98 Å². The lowest BCUT2D eigenvalue weighted by atomic mass is 10.1. The maximum Gasteiger partial charge on any atom is 0.251 e. The van der Waals surface area contributed by atoms with E-state index in [0.717, 1.165) is 19.5 Å². The van der Waals surface area contributed by atoms with Crippen LogP contribution in [-0.4, -0.2) is 32.4 Å². The molecule has 0 aliphatic rings. The molecule has 124 valence electrons. The first-order chi connectivity index (χ1) is 10.5. The molecule has 2 aromatic rings. The minimum atomic E-state index is -1.68. The fourth-order valence-electron chi connectivity index (χ4n) is 1.19. The first-order valence-electron chi connectivity index (χ1n) is 6.88. The van der Waals surface area contributed by atoms with Gasteiger partial charge in [0.25, 0.3) is 5.56 Å². The number of nitrogens with one attached hydrogen (secondary N) is 1. The van der Waals surface area contributed by atoms with Crippen molar-refractivity contribution in [3.8, 4) is 0 Å². The summed E-state index contributed by atoms with van der Waals surface area (Å²) in [5, 5.41) is 24.0. The van der Waals surface area contributed by atoms with Crippen molar-refractivity contribution in [2.75, 3.05) is 7.11 Å². The molecule has 6 heteroatoms. The van der Waals surface area contributed by atoms with Gasteiger partial charge in [-0.3, -0.25) is 4.79 Å². The summed E-state index contributed by atoms with van der Waals surface area (Å²) >= 11 is 0. The molecule has 0 bridgehead atoms. The third-order valence-corrected chi connectivity index (χ3v) is 2.39. The average molecular weight is 310 g/mol. The highest BCUT2D eigenvalue weighted by atomic mass is 16.5. The normalized spacial score (nSPS) is 8.59. The van der Waals surface area contributed by atoms with Gasteiger partial charge in [-0.15, -0.1) is 0 Å². The SMILES string of the molecule is CC.CO.Cc1ccccc1C.O=c1cc(C(O)O)nc[nH]1. The van der Waals surface area contributed by atoms with E-state index in [-0.39, 0.29) is 5.69 Å². The van der Waals surface area contributed by atoms with Crippen molar-refractivity contribution in [2.45, 2.75) is 34.0 Å². The molecule has 0 saturated heterocycles. The molecule has 0 aliphatic heterocycles. The Morgan fingerprint density at radius 1 is 1.05 bits per heavy atom. The molecular weight excluding hydrogens is 284 g/mol. The zero-order valence-corrected chi connectivity index (χ0v) is 13.7. The van der Waals surface area contributed by atoms with Gasteiger partial charge in [0, 0.05) is 13.2 Å². The van der Waals surface area contributed by atoms with Crippen LogP contribution in [-0.2, 0) is 0 Å². The molecule has 2 rings (SSSR count). The quantitative estimate of drug-likeness (QED) is 0.600. The second kappa shape index (κ2) is 13.9. The first kappa shape index (κ1) is 22.3. The van der Waals surface area contributed by atoms with Crippen LogP contribution in [0, 0.1) is 13.8 Å². The summed E-state index contributed by atoms with van der Waals surface area (Å²) in [7, 11) is 1.00. The van der Waals surface area contributed by atoms with Crippen LogP contribution in [0.1, 0.15) is 37.0 Å². The number of hydrogen-bond acceptors (Lipinski definition) is 5. The minimum absolute atomic E-state index is 0.0521. The molecule has 0 fully saturated rings. The Balaban J connectivity index is 0. The number of nitrogens with zero attached hydrogens (tertiary/aromatic N) is 1. The summed E-state index contributed by atoms with van der Waals surface area (Å²) in [6.07, 6.45) is -0.570. The molecule has 1 heterocycles. The second-order valence-electron chi connectivity index (χ2n) is 3.79. The fraction of sp³-hybridized carbons (Fsp3) is 0.375. The molecule has 1 aromatic heterocycles. The number of benzene rings is 1. The average Bonchev–Trinajstić information content (AvgIpc) is 2.55. The van der Waals surface area contributed by atoms with Crippen molar-refractivity contribution >= 4 is 0 Å². The van der Waals surface area contributed by atoms with Crippen LogP contribution in [0.15, 0.2) is 41.5 Å². The van der Waals surface area contributed by atoms with Gasteiger partial charge in [0.15, 0.2) is 6.29 Å². The van der Waals surface area contributed by atoms with E-state index in [2.05, 4.69) is 48.1 Å². The van der Waals surface area contributed by atoms with Crippen LogP contribution in [0.3, 0.4) is 0 Å². The monoisotopic (exact) mass is 310 g/mol. The van der Waals surface area contributed by atoms with Crippen molar-refractivity contribution in [1.82, 2.24) is 9.97 Å². The number of hydrogen-bond donors (Lipinski definition) is 4. The van der Waals surface area contributed by atoms with Gasteiger partial charge in [0.2, 0.25) is 0 Å². The fourth-order valence-corrected chi connectivity index (χ4v) is 1.19. The van der Waals surface area contributed by atoms with Gasteiger partial charge in [0.1, 0.15) is 5.69 Å². The van der Waals surface area contributed by atoms with Gasteiger partial charge in [0.05, 0.1) is 6.33 Å². The van der Waals surface area contributed by atoms with E-state index in [1.165, 1.54) is 11.1 Å². The standard InChI is InChI=1S/C8H10.C5H6N2O3.C2H6.CH4O/c1-7-5-3-4-6-8(7)2;8-4-1-3(5(9)10)6-2-7-4;2*1-2/h3-6H,1-2H3;1-2,5,9-10H,(H,6,7,8);1-2H3;2H,1H3. The van der Waals surface area contributed by atoms with E-state index in [1.54, 1.807) is 0 Å². The zero-order valence-electron chi connectivity index (χ0n) is 13.7. The van der Waals surface area contributed by atoms with E-state index in [1.807, 2.05) is 13.8 Å². The molecule has 6 nitrogen and oxygen atoms in total. The zero-order chi connectivity index (χ0) is 17.5. The minimum Gasteiger partial charge on any atom is -0.400 e. The number of aromatic amines is 1. The smallest absolute Gasteiger partial charge is 0.251 e. The summed E-state index contributed by atoms with van der Waals surface area (Å²) in [6.45, 7) is 8.24. The van der Waals surface area contributed by atoms with Crippen LogP contribution in [0.25, 0.3) is 0 Å². The Labute approximate surface area is 131 Å². The largest absolute Gasteiger partial charge is 0.400 e. The summed E-state index contributed by atoms with van der Waals surface area (Å²) in [6, 6.07) is 9.38. The molecule has 4 N–H and O–H groups in total. The number of H-pyrrole nitrogens is 1. The van der Waals surface area contributed by atoms with E-state index in [9.17, 15) is 4.79 Å². The molecule has 0 aliphatic carbocycles. The van der Waals surface area contributed by atoms with Gasteiger partial charge >= 0.3 is 0 Å². The highest BCUT2D eigenvalue weighted by molar-refractivity contribution is 5.23. The molecular formula is C16H26N2O4. The van der Waals surface area contributed by atoms with Crippen LogP contribution in [0.5, 0.6) is 0 Å². The second-order valence-corrected chi connectivity index (χ2v) is 3.79. The molecule has 0 amide bonds. The highest BCUT2D eigenvalue weighted by Crippen LogP contribution is 2.02. The molecule has 0 spiro atoms. The van der Waals surface area contributed by atoms with Crippen molar-refractivity contribution in [3.05, 3.63) is 63.8 Å². The van der Waals surface area contributed by atoms with Gasteiger partial charge in [-0.2, -0.15) is 0 Å². The van der Waals surface area contributed by atoms with Crippen molar-refractivity contribution in [1.29, 1.82) is 0 Å². The molecule has 0 atom stereocenters. The van der Waals surface area contributed by atoms with Crippen LogP contribution in [0.2, 0.25) is 0 Å². The summed E-state index contributed by atoms with van der Waals surface area (Å²) in [4.78, 5) is 16.2. The number of aliphatic hydroxyl groups excluding tert-OH is 2. The maximum absolute atomic E-state index is 10.5. The lowest BCUT2D eigenvalue weighted by molar-refractivity contribution is -0.0460. The van der Waals surface area contributed by atoms with Crippen LogP contribution in [0.4, 0.5) is 0 Å². The molecule has 0 unspecified atom stereocenters. The third kappa shape index (κ3) is 9.82. The summed E-state index contributed by atoms with van der Waals surface area (Å²) < 4.78 is 0. The van der Waals surface area contributed by atoms with Crippen LogP contribution < -0.4 is 5.56 Å². The van der Waals surface area contributed by atoms with Crippen molar-refractivity contribution in [3.63, 3.8) is 0 Å². The number of aromatic nitrogens is 2. The van der Waals surface area contributed by atoms with Crippen LogP contribution >= 0.6 is 0 Å². The Kier molecular flexibility index (Phi) is 14.1. The van der Waals surface area contributed by atoms with Gasteiger partial charge < -0.3 is 20.3 Å². The Morgan fingerprint density at radius 3 is 1.77 bits per heavy atom. The Bertz CT molecular complexity index is 533. The molecule has 0 radical (unpaired) electrons.